The van der Waals surface area contributed by atoms with Crippen molar-refractivity contribution in [1.29, 1.82) is 0 Å². The highest BCUT2D eigenvalue weighted by atomic mass is 32.2. The molecule has 2 N–H and O–H groups in total. The average molecular weight is 418 g/mol. The summed E-state index contributed by atoms with van der Waals surface area (Å²) < 4.78 is 46.1. The lowest BCUT2D eigenvalue weighted by Gasteiger charge is -2.21. The van der Waals surface area contributed by atoms with Gasteiger partial charge in [-0.3, -0.25) is 9.52 Å². The fourth-order valence-corrected chi connectivity index (χ4v) is 5.54. The number of sulfonamides is 1. The van der Waals surface area contributed by atoms with Gasteiger partial charge in [0.25, 0.3) is 10.0 Å². The first-order valence-corrected chi connectivity index (χ1v) is 11.1. The van der Waals surface area contributed by atoms with Crippen LogP contribution >= 0.6 is 0 Å². The number of ether oxygens (including phenoxy) is 1. The Labute approximate surface area is 169 Å². The Morgan fingerprint density at radius 1 is 1.10 bits per heavy atom. The van der Waals surface area contributed by atoms with Gasteiger partial charge in [0.05, 0.1) is 17.7 Å². The topological polar surface area (TPSA) is 84.5 Å². The van der Waals surface area contributed by atoms with Crippen LogP contribution in [-0.4, -0.2) is 21.4 Å². The SMILES string of the molecule is COc1ccc(NC(=O)[C@H]2C[C@H]3CC[C@H]2C3)cc1NS(=O)(=O)c1ccc(F)cc1. The Balaban J connectivity index is 1.53. The molecule has 2 saturated carbocycles. The first-order chi connectivity index (χ1) is 13.9. The van der Waals surface area contributed by atoms with Gasteiger partial charge in [-0.05, 0) is 73.6 Å². The van der Waals surface area contributed by atoms with E-state index in [4.69, 9.17) is 4.74 Å². The second-order valence-electron chi connectivity index (χ2n) is 7.75. The molecule has 2 bridgehead atoms. The van der Waals surface area contributed by atoms with Crippen molar-refractivity contribution in [2.24, 2.45) is 17.8 Å². The van der Waals surface area contributed by atoms with Gasteiger partial charge in [-0.15, -0.1) is 0 Å². The molecule has 154 valence electrons. The number of amides is 1. The maximum absolute atomic E-state index is 13.1. The van der Waals surface area contributed by atoms with Crippen LogP contribution in [0.4, 0.5) is 15.8 Å². The number of nitrogens with one attached hydrogen (secondary N) is 2. The summed E-state index contributed by atoms with van der Waals surface area (Å²) in [6.45, 7) is 0. The number of hydrogen-bond donors (Lipinski definition) is 2. The number of methoxy groups -OCH3 is 1. The lowest BCUT2D eigenvalue weighted by Crippen LogP contribution is -2.27. The lowest BCUT2D eigenvalue weighted by molar-refractivity contribution is -0.121. The zero-order valence-electron chi connectivity index (χ0n) is 16.0. The predicted octanol–water partition coefficient (Wildman–Crippen LogP) is 4.01. The van der Waals surface area contributed by atoms with Crippen molar-refractivity contribution in [2.75, 3.05) is 17.1 Å². The van der Waals surface area contributed by atoms with E-state index in [0.29, 0.717) is 23.3 Å². The molecule has 1 amide bonds. The number of benzene rings is 2. The minimum atomic E-state index is -3.94. The highest BCUT2D eigenvalue weighted by Crippen LogP contribution is 2.48. The molecule has 6 nitrogen and oxygen atoms in total. The molecule has 2 aliphatic rings. The molecule has 0 radical (unpaired) electrons. The van der Waals surface area contributed by atoms with Gasteiger partial charge in [0, 0.05) is 11.6 Å². The zero-order valence-corrected chi connectivity index (χ0v) is 16.8. The fourth-order valence-electron chi connectivity index (χ4n) is 4.48. The largest absolute Gasteiger partial charge is 0.495 e. The van der Waals surface area contributed by atoms with Crippen molar-refractivity contribution in [3.8, 4) is 5.75 Å². The number of carbonyl (C=O) groups excluding carboxylic acids is 1. The van der Waals surface area contributed by atoms with Crippen molar-refractivity contribution >= 4 is 27.3 Å². The Bertz CT molecular complexity index is 1020. The maximum atomic E-state index is 13.1. The molecule has 0 aliphatic heterocycles. The number of anilines is 2. The van der Waals surface area contributed by atoms with Crippen LogP contribution in [0.2, 0.25) is 0 Å². The van der Waals surface area contributed by atoms with E-state index in [-0.39, 0.29) is 22.4 Å². The summed E-state index contributed by atoms with van der Waals surface area (Å²) >= 11 is 0. The number of rotatable bonds is 6. The van der Waals surface area contributed by atoms with Crippen LogP contribution in [0.3, 0.4) is 0 Å². The van der Waals surface area contributed by atoms with E-state index in [1.807, 2.05) is 0 Å². The summed E-state index contributed by atoms with van der Waals surface area (Å²) in [5.74, 6) is 0.907. The quantitative estimate of drug-likeness (QED) is 0.742. The van der Waals surface area contributed by atoms with Crippen molar-refractivity contribution in [1.82, 2.24) is 0 Å². The Morgan fingerprint density at radius 2 is 1.86 bits per heavy atom. The van der Waals surface area contributed by atoms with Gasteiger partial charge >= 0.3 is 0 Å². The molecular formula is C21H23FN2O4S. The highest BCUT2D eigenvalue weighted by Gasteiger charge is 2.43. The fraction of sp³-hybridized carbons (Fsp3) is 0.381. The summed E-state index contributed by atoms with van der Waals surface area (Å²) in [6, 6.07) is 9.34. The van der Waals surface area contributed by atoms with Crippen LogP contribution < -0.4 is 14.8 Å². The minimum absolute atomic E-state index is 0.0188. The van der Waals surface area contributed by atoms with Crippen molar-refractivity contribution in [2.45, 2.75) is 30.6 Å². The van der Waals surface area contributed by atoms with Gasteiger partial charge in [-0.1, -0.05) is 6.42 Å². The van der Waals surface area contributed by atoms with Crippen LogP contribution in [0.1, 0.15) is 25.7 Å². The third-order valence-corrected chi connectivity index (χ3v) is 7.29. The average Bonchev–Trinajstić information content (AvgIpc) is 3.32. The summed E-state index contributed by atoms with van der Waals surface area (Å²) in [4.78, 5) is 12.6. The molecule has 0 spiro atoms. The molecule has 0 heterocycles. The molecule has 2 fully saturated rings. The Kier molecular flexibility index (Phi) is 5.21. The highest BCUT2D eigenvalue weighted by molar-refractivity contribution is 7.92. The minimum Gasteiger partial charge on any atom is -0.495 e. The zero-order chi connectivity index (χ0) is 20.6. The molecule has 2 aromatic carbocycles. The number of carbonyl (C=O) groups is 1. The summed E-state index contributed by atoms with van der Waals surface area (Å²) in [6.07, 6.45) is 4.38. The summed E-state index contributed by atoms with van der Waals surface area (Å²) in [5.41, 5.74) is 0.693. The van der Waals surface area contributed by atoms with Gasteiger partial charge in [0.2, 0.25) is 5.91 Å². The van der Waals surface area contributed by atoms with E-state index in [9.17, 15) is 17.6 Å². The van der Waals surface area contributed by atoms with E-state index >= 15 is 0 Å². The van der Waals surface area contributed by atoms with Crippen LogP contribution in [-0.2, 0) is 14.8 Å². The number of fused-ring (bicyclic) bond motifs is 2. The molecule has 3 atom stereocenters. The molecule has 0 saturated heterocycles. The molecule has 8 heteroatoms. The Morgan fingerprint density at radius 3 is 2.48 bits per heavy atom. The van der Waals surface area contributed by atoms with Gasteiger partial charge in [-0.2, -0.15) is 0 Å². The first kappa shape index (κ1) is 19.7. The second-order valence-corrected chi connectivity index (χ2v) is 9.43. The molecular weight excluding hydrogens is 395 g/mol. The van der Waals surface area contributed by atoms with E-state index in [1.54, 1.807) is 12.1 Å². The van der Waals surface area contributed by atoms with Gasteiger partial charge in [-0.25, -0.2) is 12.8 Å². The summed E-state index contributed by atoms with van der Waals surface area (Å²) in [5, 5.41) is 2.91. The third kappa shape index (κ3) is 4.07. The molecule has 29 heavy (non-hydrogen) atoms. The normalized spacial score (nSPS) is 23.0. The summed E-state index contributed by atoms with van der Waals surface area (Å²) in [7, 11) is -2.51. The van der Waals surface area contributed by atoms with E-state index in [2.05, 4.69) is 10.0 Å². The predicted molar refractivity (Wildman–Crippen MR) is 108 cm³/mol. The van der Waals surface area contributed by atoms with E-state index < -0.39 is 15.8 Å². The smallest absolute Gasteiger partial charge is 0.262 e. The molecule has 2 aromatic rings. The third-order valence-electron chi connectivity index (χ3n) is 5.91. The van der Waals surface area contributed by atoms with Crippen LogP contribution in [0.15, 0.2) is 47.4 Å². The lowest BCUT2D eigenvalue weighted by atomic mass is 9.88. The van der Waals surface area contributed by atoms with E-state index in [0.717, 1.165) is 31.4 Å². The second kappa shape index (κ2) is 7.67. The van der Waals surface area contributed by atoms with Crippen LogP contribution in [0.5, 0.6) is 5.75 Å². The molecule has 0 aromatic heterocycles. The van der Waals surface area contributed by atoms with Gasteiger partial charge < -0.3 is 10.1 Å². The monoisotopic (exact) mass is 418 g/mol. The molecule has 4 rings (SSSR count). The molecule has 2 aliphatic carbocycles. The first-order valence-electron chi connectivity index (χ1n) is 9.63. The molecule has 0 unspecified atom stereocenters. The van der Waals surface area contributed by atoms with Crippen LogP contribution in [0.25, 0.3) is 0 Å². The van der Waals surface area contributed by atoms with Gasteiger partial charge in [0.1, 0.15) is 11.6 Å². The number of hydrogen-bond acceptors (Lipinski definition) is 4. The standard InChI is InChI=1S/C21H23FN2O4S/c1-28-20-9-6-16(23-21(25)18-11-13-2-3-14(18)10-13)12-19(20)24-29(26,27)17-7-4-15(22)5-8-17/h4-9,12-14,18,24H,2-3,10-11H2,1H3,(H,23,25)/t13-,14-,18-/m0/s1. The van der Waals surface area contributed by atoms with Crippen molar-refractivity contribution in [3.63, 3.8) is 0 Å². The van der Waals surface area contributed by atoms with Crippen molar-refractivity contribution < 1.29 is 22.3 Å². The van der Waals surface area contributed by atoms with Crippen LogP contribution in [0, 0.1) is 23.6 Å². The van der Waals surface area contributed by atoms with E-state index in [1.165, 1.54) is 31.7 Å². The maximum Gasteiger partial charge on any atom is 0.262 e. The van der Waals surface area contributed by atoms with Crippen molar-refractivity contribution in [3.05, 3.63) is 48.3 Å². The van der Waals surface area contributed by atoms with Gasteiger partial charge in [0.15, 0.2) is 0 Å². The number of halogens is 1. The Hall–Kier alpha value is -2.61.